The zero-order chi connectivity index (χ0) is 16.0. The summed E-state index contributed by atoms with van der Waals surface area (Å²) in [5.74, 6) is 0.424. The molecule has 0 saturated heterocycles. The number of nitrogens with one attached hydrogen (secondary N) is 1. The second-order valence-electron chi connectivity index (χ2n) is 6.35. The predicted octanol–water partition coefficient (Wildman–Crippen LogP) is 4.83. The zero-order valence-corrected chi connectivity index (χ0v) is 15.2. The van der Waals surface area contributed by atoms with Gasteiger partial charge in [0.25, 0.3) is 0 Å². The number of hydrogen-bond acceptors (Lipinski definition) is 2. The second-order valence-corrected chi connectivity index (χ2v) is 7.67. The highest BCUT2D eigenvalue weighted by Crippen LogP contribution is 2.32. The van der Waals surface area contributed by atoms with Gasteiger partial charge in [-0.15, -0.1) is 0 Å². The SMILES string of the molecule is CC(C)(C)C(CCN)CCC(=O)Nc1cc(Br)ccc1Cl. The van der Waals surface area contributed by atoms with Crippen molar-refractivity contribution in [3.05, 3.63) is 27.7 Å². The van der Waals surface area contributed by atoms with Gasteiger partial charge in [0.15, 0.2) is 0 Å². The molecule has 0 aliphatic carbocycles. The van der Waals surface area contributed by atoms with Crippen LogP contribution in [-0.2, 0) is 4.79 Å². The lowest BCUT2D eigenvalue weighted by Gasteiger charge is -2.30. The van der Waals surface area contributed by atoms with Crippen molar-refractivity contribution in [2.24, 2.45) is 17.1 Å². The molecule has 1 aromatic rings. The van der Waals surface area contributed by atoms with Crippen molar-refractivity contribution >= 4 is 39.1 Å². The van der Waals surface area contributed by atoms with Gasteiger partial charge in [-0.25, -0.2) is 0 Å². The van der Waals surface area contributed by atoms with Crippen molar-refractivity contribution in [2.75, 3.05) is 11.9 Å². The first-order valence-corrected chi connectivity index (χ1v) is 8.36. The maximum absolute atomic E-state index is 12.1. The van der Waals surface area contributed by atoms with E-state index in [9.17, 15) is 4.79 Å². The predicted molar refractivity (Wildman–Crippen MR) is 93.6 cm³/mol. The number of nitrogens with two attached hydrogens (primary N) is 1. The number of carbonyl (C=O) groups is 1. The van der Waals surface area contributed by atoms with Crippen LogP contribution in [0.25, 0.3) is 0 Å². The van der Waals surface area contributed by atoms with E-state index in [4.69, 9.17) is 17.3 Å². The van der Waals surface area contributed by atoms with Crippen molar-refractivity contribution in [1.29, 1.82) is 0 Å². The van der Waals surface area contributed by atoms with Gasteiger partial charge in [0, 0.05) is 10.9 Å². The lowest BCUT2D eigenvalue weighted by atomic mass is 9.76. The van der Waals surface area contributed by atoms with Crippen LogP contribution >= 0.6 is 27.5 Å². The normalized spacial score (nSPS) is 13.0. The highest BCUT2D eigenvalue weighted by atomic mass is 79.9. The molecular weight excluding hydrogens is 352 g/mol. The largest absolute Gasteiger partial charge is 0.330 e. The van der Waals surface area contributed by atoms with E-state index >= 15 is 0 Å². The highest BCUT2D eigenvalue weighted by molar-refractivity contribution is 9.10. The summed E-state index contributed by atoms with van der Waals surface area (Å²) in [4.78, 5) is 12.1. The second kappa shape index (κ2) is 8.16. The average molecular weight is 376 g/mol. The first kappa shape index (κ1) is 18.5. The molecule has 0 saturated carbocycles. The van der Waals surface area contributed by atoms with Crippen LogP contribution in [0.2, 0.25) is 5.02 Å². The summed E-state index contributed by atoms with van der Waals surface area (Å²) in [5, 5.41) is 3.41. The molecule has 1 rings (SSSR count). The molecule has 1 amide bonds. The van der Waals surface area contributed by atoms with Crippen LogP contribution in [0.3, 0.4) is 0 Å². The maximum Gasteiger partial charge on any atom is 0.224 e. The topological polar surface area (TPSA) is 55.1 Å². The molecule has 0 bridgehead atoms. The smallest absolute Gasteiger partial charge is 0.224 e. The van der Waals surface area contributed by atoms with E-state index in [1.165, 1.54) is 0 Å². The standard InChI is InChI=1S/C16H24BrClN2O/c1-16(2,3)11(8-9-19)4-7-15(21)20-14-10-12(17)5-6-13(14)18/h5-6,10-11H,4,7-9,19H2,1-3H3,(H,20,21). The molecule has 0 fully saturated rings. The maximum atomic E-state index is 12.1. The average Bonchev–Trinajstić information content (AvgIpc) is 2.37. The number of benzene rings is 1. The zero-order valence-electron chi connectivity index (χ0n) is 12.9. The minimum atomic E-state index is -0.0127. The number of anilines is 1. The van der Waals surface area contributed by atoms with Crippen LogP contribution in [0.4, 0.5) is 5.69 Å². The van der Waals surface area contributed by atoms with Crippen molar-refractivity contribution in [2.45, 2.75) is 40.0 Å². The summed E-state index contributed by atoms with van der Waals surface area (Å²) >= 11 is 9.44. The van der Waals surface area contributed by atoms with Crippen molar-refractivity contribution in [1.82, 2.24) is 0 Å². The fourth-order valence-electron chi connectivity index (χ4n) is 2.32. The lowest BCUT2D eigenvalue weighted by molar-refractivity contribution is -0.116. The Hall–Kier alpha value is -0.580. The van der Waals surface area contributed by atoms with E-state index in [1.54, 1.807) is 12.1 Å². The van der Waals surface area contributed by atoms with Gasteiger partial charge in [0.2, 0.25) is 5.91 Å². The van der Waals surface area contributed by atoms with Crippen LogP contribution in [0.15, 0.2) is 22.7 Å². The van der Waals surface area contributed by atoms with E-state index in [-0.39, 0.29) is 11.3 Å². The molecule has 0 aliphatic heterocycles. The Morgan fingerprint density at radius 1 is 1.38 bits per heavy atom. The molecule has 1 unspecified atom stereocenters. The Balaban J connectivity index is 2.59. The summed E-state index contributed by atoms with van der Waals surface area (Å²) in [6, 6.07) is 5.41. The van der Waals surface area contributed by atoms with E-state index in [0.29, 0.717) is 29.6 Å². The van der Waals surface area contributed by atoms with Gasteiger partial charge in [-0.05, 0) is 48.9 Å². The Kier molecular flexibility index (Phi) is 7.17. The Morgan fingerprint density at radius 2 is 2.05 bits per heavy atom. The molecule has 0 radical (unpaired) electrons. The fourth-order valence-corrected chi connectivity index (χ4v) is 2.85. The number of rotatable bonds is 6. The molecular formula is C16H24BrClN2O. The summed E-state index contributed by atoms with van der Waals surface area (Å²) in [6.45, 7) is 7.23. The van der Waals surface area contributed by atoms with E-state index in [2.05, 4.69) is 42.0 Å². The van der Waals surface area contributed by atoms with Gasteiger partial charge in [-0.3, -0.25) is 4.79 Å². The van der Waals surface area contributed by atoms with Crippen LogP contribution < -0.4 is 11.1 Å². The van der Waals surface area contributed by atoms with E-state index in [0.717, 1.165) is 17.3 Å². The highest BCUT2D eigenvalue weighted by Gasteiger charge is 2.24. The minimum absolute atomic E-state index is 0.0127. The molecule has 0 spiro atoms. The summed E-state index contributed by atoms with van der Waals surface area (Å²) < 4.78 is 0.887. The molecule has 3 nitrogen and oxygen atoms in total. The van der Waals surface area contributed by atoms with Gasteiger partial charge in [0.1, 0.15) is 0 Å². The van der Waals surface area contributed by atoms with Crippen LogP contribution in [0.1, 0.15) is 40.0 Å². The molecule has 0 heterocycles. The Bertz CT molecular complexity index is 486. The van der Waals surface area contributed by atoms with E-state index < -0.39 is 0 Å². The van der Waals surface area contributed by atoms with Crippen molar-refractivity contribution in [3.63, 3.8) is 0 Å². The van der Waals surface area contributed by atoms with Crippen molar-refractivity contribution < 1.29 is 4.79 Å². The third-order valence-electron chi connectivity index (χ3n) is 3.66. The van der Waals surface area contributed by atoms with Gasteiger partial charge in [-0.2, -0.15) is 0 Å². The first-order valence-electron chi connectivity index (χ1n) is 7.19. The molecule has 3 N–H and O–H groups in total. The summed E-state index contributed by atoms with van der Waals surface area (Å²) in [7, 11) is 0. The molecule has 5 heteroatoms. The minimum Gasteiger partial charge on any atom is -0.330 e. The molecule has 0 aromatic heterocycles. The molecule has 0 aliphatic rings. The number of amides is 1. The summed E-state index contributed by atoms with van der Waals surface area (Å²) in [6.07, 6.45) is 2.25. The first-order chi connectivity index (χ1) is 9.74. The molecule has 21 heavy (non-hydrogen) atoms. The van der Waals surface area contributed by atoms with Crippen LogP contribution in [-0.4, -0.2) is 12.5 Å². The summed E-state index contributed by atoms with van der Waals surface area (Å²) in [5.41, 5.74) is 6.47. The lowest BCUT2D eigenvalue weighted by Crippen LogP contribution is -2.25. The van der Waals surface area contributed by atoms with Gasteiger partial charge in [0.05, 0.1) is 10.7 Å². The van der Waals surface area contributed by atoms with Crippen LogP contribution in [0.5, 0.6) is 0 Å². The van der Waals surface area contributed by atoms with Crippen LogP contribution in [0, 0.1) is 11.3 Å². The molecule has 118 valence electrons. The number of hydrogen-bond donors (Lipinski definition) is 2. The van der Waals surface area contributed by atoms with Gasteiger partial charge < -0.3 is 11.1 Å². The van der Waals surface area contributed by atoms with Gasteiger partial charge in [-0.1, -0.05) is 48.3 Å². The van der Waals surface area contributed by atoms with Crippen molar-refractivity contribution in [3.8, 4) is 0 Å². The quantitative estimate of drug-likeness (QED) is 0.748. The third kappa shape index (κ3) is 6.37. The van der Waals surface area contributed by atoms with Gasteiger partial charge >= 0.3 is 0 Å². The number of halogens is 2. The monoisotopic (exact) mass is 374 g/mol. The Morgan fingerprint density at radius 3 is 2.62 bits per heavy atom. The molecule has 1 atom stereocenters. The number of carbonyl (C=O) groups excluding carboxylic acids is 1. The Labute approximate surface area is 140 Å². The third-order valence-corrected chi connectivity index (χ3v) is 4.49. The fraction of sp³-hybridized carbons (Fsp3) is 0.562. The molecule has 1 aromatic carbocycles. The van der Waals surface area contributed by atoms with E-state index in [1.807, 2.05) is 6.07 Å².